The lowest BCUT2D eigenvalue weighted by molar-refractivity contribution is 0.0767. The third kappa shape index (κ3) is 5.02. The topological polar surface area (TPSA) is 49.8 Å². The van der Waals surface area contributed by atoms with Gasteiger partial charge in [-0.05, 0) is 57.2 Å². The fraction of sp³-hybridized carbons (Fsp3) is 0.611. The predicted molar refractivity (Wildman–Crippen MR) is 87.2 cm³/mol. The van der Waals surface area contributed by atoms with Gasteiger partial charge in [0.2, 0.25) is 0 Å². The summed E-state index contributed by atoms with van der Waals surface area (Å²) in [5.74, 6) is 0.747. The Kier molecular flexibility index (Phi) is 6.25. The van der Waals surface area contributed by atoms with Gasteiger partial charge in [-0.15, -0.1) is 0 Å². The minimum absolute atomic E-state index is 0.0326. The van der Waals surface area contributed by atoms with Crippen LogP contribution in [-0.2, 0) is 0 Å². The van der Waals surface area contributed by atoms with Crippen molar-refractivity contribution in [3.8, 4) is 5.75 Å². The highest BCUT2D eigenvalue weighted by Crippen LogP contribution is 2.24. The molecule has 4 heteroatoms. The highest BCUT2D eigenvalue weighted by molar-refractivity contribution is 5.94. The molecule has 0 aromatic heterocycles. The molecule has 2 rings (SSSR count). The molecule has 1 aromatic rings. The molecule has 0 aliphatic heterocycles. The third-order valence-corrected chi connectivity index (χ3v) is 4.16. The number of benzene rings is 1. The average Bonchev–Trinajstić information content (AvgIpc) is 2.53. The minimum atomic E-state index is -0.392. The Morgan fingerprint density at radius 2 is 2.09 bits per heavy atom. The molecule has 1 saturated carbocycles. The van der Waals surface area contributed by atoms with Crippen LogP contribution in [0, 0.1) is 0 Å². The van der Waals surface area contributed by atoms with Crippen LogP contribution >= 0.6 is 0 Å². The van der Waals surface area contributed by atoms with E-state index >= 15 is 0 Å². The second-order valence-corrected chi connectivity index (χ2v) is 6.27. The van der Waals surface area contributed by atoms with Crippen LogP contribution in [0.2, 0.25) is 0 Å². The van der Waals surface area contributed by atoms with E-state index in [9.17, 15) is 9.90 Å². The molecule has 1 aromatic carbocycles. The number of hydrogen-bond donors (Lipinski definition) is 1. The lowest BCUT2D eigenvalue weighted by Crippen LogP contribution is -2.29. The van der Waals surface area contributed by atoms with Gasteiger partial charge in [-0.1, -0.05) is 12.5 Å². The van der Waals surface area contributed by atoms with Crippen LogP contribution in [0.15, 0.2) is 24.3 Å². The van der Waals surface area contributed by atoms with Crippen molar-refractivity contribution in [3.05, 3.63) is 29.8 Å². The summed E-state index contributed by atoms with van der Waals surface area (Å²) in [7, 11) is 1.76. The summed E-state index contributed by atoms with van der Waals surface area (Å²) in [6.45, 7) is 2.28. The maximum Gasteiger partial charge on any atom is 0.253 e. The largest absolute Gasteiger partial charge is 0.490 e. The number of hydrogen-bond acceptors (Lipinski definition) is 3. The van der Waals surface area contributed by atoms with Crippen LogP contribution in [0.1, 0.15) is 55.8 Å². The van der Waals surface area contributed by atoms with E-state index in [0.717, 1.165) is 18.6 Å². The highest BCUT2D eigenvalue weighted by atomic mass is 16.5. The van der Waals surface area contributed by atoms with Crippen LogP contribution in [0.3, 0.4) is 0 Å². The average molecular weight is 305 g/mol. The van der Waals surface area contributed by atoms with Gasteiger partial charge in [0.05, 0.1) is 12.2 Å². The Hall–Kier alpha value is -1.55. The zero-order valence-corrected chi connectivity index (χ0v) is 13.6. The Balaban J connectivity index is 1.96. The van der Waals surface area contributed by atoms with Crippen LogP contribution < -0.4 is 4.74 Å². The summed E-state index contributed by atoms with van der Waals surface area (Å²) >= 11 is 0. The molecule has 1 amide bonds. The van der Waals surface area contributed by atoms with E-state index in [-0.39, 0.29) is 12.0 Å². The first kappa shape index (κ1) is 16.8. The first-order chi connectivity index (χ1) is 10.6. The number of carbonyl (C=O) groups excluding carboxylic acids is 1. The van der Waals surface area contributed by atoms with Gasteiger partial charge in [0.1, 0.15) is 5.75 Å². The summed E-state index contributed by atoms with van der Waals surface area (Å²) in [6.07, 6.45) is 6.44. The molecule has 4 nitrogen and oxygen atoms in total. The van der Waals surface area contributed by atoms with E-state index in [4.69, 9.17) is 4.74 Å². The lowest BCUT2D eigenvalue weighted by atomic mass is 9.98. The Labute approximate surface area is 133 Å². The van der Waals surface area contributed by atoms with Crippen molar-refractivity contribution in [2.45, 2.75) is 57.7 Å². The Bertz CT molecular complexity index is 481. The molecule has 22 heavy (non-hydrogen) atoms. The van der Waals surface area contributed by atoms with Crippen molar-refractivity contribution >= 4 is 5.91 Å². The van der Waals surface area contributed by atoms with Gasteiger partial charge >= 0.3 is 0 Å². The highest BCUT2D eigenvalue weighted by Gasteiger charge is 2.17. The monoisotopic (exact) mass is 305 g/mol. The van der Waals surface area contributed by atoms with E-state index in [0.29, 0.717) is 18.5 Å². The maximum absolute atomic E-state index is 12.4. The molecule has 0 saturated heterocycles. The molecule has 1 aliphatic carbocycles. The van der Waals surface area contributed by atoms with Crippen molar-refractivity contribution in [2.75, 3.05) is 13.6 Å². The van der Waals surface area contributed by atoms with E-state index in [1.807, 2.05) is 24.3 Å². The van der Waals surface area contributed by atoms with Gasteiger partial charge < -0.3 is 14.7 Å². The van der Waals surface area contributed by atoms with Crippen molar-refractivity contribution in [1.82, 2.24) is 4.90 Å². The first-order valence-electron chi connectivity index (χ1n) is 8.26. The summed E-state index contributed by atoms with van der Waals surface area (Å²) in [5, 5.41) is 9.32. The summed E-state index contributed by atoms with van der Waals surface area (Å²) in [4.78, 5) is 14.0. The van der Waals surface area contributed by atoms with Gasteiger partial charge in [-0.2, -0.15) is 0 Å². The van der Waals surface area contributed by atoms with Crippen molar-refractivity contribution in [3.63, 3.8) is 0 Å². The molecule has 1 fully saturated rings. The minimum Gasteiger partial charge on any atom is -0.490 e. The molecule has 122 valence electrons. The lowest BCUT2D eigenvalue weighted by Gasteiger charge is -2.23. The van der Waals surface area contributed by atoms with Crippen LogP contribution in [0.4, 0.5) is 0 Å². The van der Waals surface area contributed by atoms with Crippen LogP contribution in [0.5, 0.6) is 5.75 Å². The maximum atomic E-state index is 12.4. The molecule has 0 spiro atoms. The molecule has 0 bridgehead atoms. The zero-order chi connectivity index (χ0) is 15.9. The Morgan fingerprint density at radius 1 is 1.36 bits per heavy atom. The van der Waals surface area contributed by atoms with E-state index in [1.54, 1.807) is 18.9 Å². The zero-order valence-electron chi connectivity index (χ0n) is 13.6. The van der Waals surface area contributed by atoms with Gasteiger partial charge in [0.15, 0.2) is 0 Å². The quantitative estimate of drug-likeness (QED) is 0.878. The molecule has 1 unspecified atom stereocenters. The summed E-state index contributed by atoms with van der Waals surface area (Å²) < 4.78 is 6.01. The molecule has 0 radical (unpaired) electrons. The number of nitrogens with zero attached hydrogens (tertiary/aromatic N) is 1. The number of rotatable bonds is 6. The summed E-state index contributed by atoms with van der Waals surface area (Å²) in [5.41, 5.74) is 0.640. The van der Waals surface area contributed by atoms with Crippen molar-refractivity contribution < 1.29 is 14.6 Å². The number of amides is 1. The summed E-state index contributed by atoms with van der Waals surface area (Å²) in [6, 6.07) is 7.43. The van der Waals surface area contributed by atoms with E-state index in [2.05, 4.69) is 0 Å². The predicted octanol–water partition coefficient (Wildman–Crippen LogP) is 3.24. The number of aliphatic hydroxyl groups is 1. The van der Waals surface area contributed by atoms with Gasteiger partial charge in [0, 0.05) is 19.2 Å². The molecule has 1 N–H and O–H groups in total. The van der Waals surface area contributed by atoms with Gasteiger partial charge in [-0.3, -0.25) is 4.79 Å². The van der Waals surface area contributed by atoms with Gasteiger partial charge in [-0.25, -0.2) is 0 Å². The fourth-order valence-corrected chi connectivity index (χ4v) is 2.78. The normalized spacial score (nSPS) is 17.0. The molecular formula is C18H27NO3. The van der Waals surface area contributed by atoms with Crippen molar-refractivity contribution in [1.29, 1.82) is 0 Å². The van der Waals surface area contributed by atoms with Crippen molar-refractivity contribution in [2.24, 2.45) is 0 Å². The second-order valence-electron chi connectivity index (χ2n) is 6.27. The number of aliphatic hydroxyl groups excluding tert-OH is 1. The van der Waals surface area contributed by atoms with Gasteiger partial charge in [0.25, 0.3) is 5.91 Å². The number of carbonyl (C=O) groups is 1. The second kappa shape index (κ2) is 8.18. The van der Waals surface area contributed by atoms with E-state index < -0.39 is 6.10 Å². The van der Waals surface area contributed by atoms with Crippen LogP contribution in [0.25, 0.3) is 0 Å². The fourth-order valence-electron chi connectivity index (χ4n) is 2.78. The molecular weight excluding hydrogens is 278 g/mol. The molecule has 1 aliphatic rings. The molecule has 1 atom stereocenters. The first-order valence-corrected chi connectivity index (χ1v) is 8.26. The molecule has 0 heterocycles. The number of ether oxygens (including phenoxy) is 1. The smallest absolute Gasteiger partial charge is 0.253 e. The SMILES string of the molecule is CC(O)CCN(C)C(=O)c1cccc(OC2CCCCC2)c1. The third-order valence-electron chi connectivity index (χ3n) is 4.16. The standard InChI is InChI=1S/C18H27NO3/c1-14(20)11-12-19(2)18(21)15-7-6-10-17(13-15)22-16-8-4-3-5-9-16/h6-7,10,13-14,16,20H,3-5,8-9,11-12H2,1-2H3. The van der Waals surface area contributed by atoms with E-state index in [1.165, 1.54) is 19.3 Å². The van der Waals surface area contributed by atoms with Crippen LogP contribution in [-0.4, -0.2) is 41.7 Å². The Morgan fingerprint density at radius 3 is 2.77 bits per heavy atom.